The van der Waals surface area contributed by atoms with Crippen molar-refractivity contribution in [2.24, 2.45) is 0 Å². The average molecular weight is 353 g/mol. The van der Waals surface area contributed by atoms with Gasteiger partial charge in [-0.25, -0.2) is 13.2 Å². The molecule has 3 rings (SSSR count). The molecule has 0 saturated carbocycles. The molecular formula is C16H12ClF3N4. The summed E-state index contributed by atoms with van der Waals surface area (Å²) in [6.07, 6.45) is -1.37. The third kappa shape index (κ3) is 3.12. The molecule has 0 saturated heterocycles. The first kappa shape index (κ1) is 16.4. The van der Waals surface area contributed by atoms with Gasteiger partial charge in [0, 0.05) is 23.7 Å². The van der Waals surface area contributed by atoms with Crippen LogP contribution in [0.3, 0.4) is 0 Å². The molecule has 0 fully saturated rings. The van der Waals surface area contributed by atoms with Crippen LogP contribution in [0.25, 0.3) is 10.9 Å². The van der Waals surface area contributed by atoms with Crippen molar-refractivity contribution < 1.29 is 13.2 Å². The number of hydrogen-bond donors (Lipinski definition) is 1. The zero-order valence-corrected chi connectivity index (χ0v) is 13.3. The maximum absolute atomic E-state index is 14.1. The molecule has 1 N–H and O–H groups in total. The van der Waals surface area contributed by atoms with Crippen molar-refractivity contribution in [2.45, 2.75) is 19.9 Å². The number of aryl methyl sites for hydroxylation is 1. The van der Waals surface area contributed by atoms with Crippen LogP contribution in [-0.4, -0.2) is 15.2 Å². The fraction of sp³-hybridized carbons (Fsp3) is 0.188. The van der Waals surface area contributed by atoms with Crippen LogP contribution in [0.4, 0.5) is 19.0 Å². The molecule has 1 aromatic carbocycles. The quantitative estimate of drug-likeness (QED) is 0.741. The molecule has 0 unspecified atom stereocenters. The number of halogens is 4. The Hall–Kier alpha value is -2.41. The summed E-state index contributed by atoms with van der Waals surface area (Å²) >= 11 is 5.96. The molecule has 2 heterocycles. The number of anilines is 1. The van der Waals surface area contributed by atoms with Crippen molar-refractivity contribution in [1.29, 1.82) is 0 Å². The summed E-state index contributed by atoms with van der Waals surface area (Å²) in [5, 5.41) is 12.0. The number of nitrogens with one attached hydrogen (secondary N) is 1. The van der Waals surface area contributed by atoms with Crippen LogP contribution in [0.5, 0.6) is 0 Å². The van der Waals surface area contributed by atoms with Crippen LogP contribution < -0.4 is 5.32 Å². The summed E-state index contributed by atoms with van der Waals surface area (Å²) in [6.45, 7) is 1.73. The summed E-state index contributed by atoms with van der Waals surface area (Å²) in [5.41, 5.74) is 0.717. The van der Waals surface area contributed by atoms with Crippen LogP contribution in [0, 0.1) is 12.7 Å². The first-order valence-electron chi connectivity index (χ1n) is 7.05. The summed E-state index contributed by atoms with van der Waals surface area (Å²) < 4.78 is 39.6. The number of nitrogens with zero attached hydrogens (tertiary/aromatic N) is 3. The Morgan fingerprint density at radius 2 is 2.04 bits per heavy atom. The smallest absolute Gasteiger partial charge is 0.266 e. The van der Waals surface area contributed by atoms with Gasteiger partial charge in [0.05, 0.1) is 21.8 Å². The van der Waals surface area contributed by atoms with Gasteiger partial charge in [-0.15, -0.1) is 5.10 Å². The van der Waals surface area contributed by atoms with Crippen LogP contribution >= 0.6 is 11.6 Å². The van der Waals surface area contributed by atoms with Crippen molar-refractivity contribution in [2.75, 3.05) is 5.32 Å². The monoisotopic (exact) mass is 352 g/mol. The molecule has 0 aliphatic carbocycles. The first-order valence-corrected chi connectivity index (χ1v) is 7.43. The lowest BCUT2D eigenvalue weighted by Gasteiger charge is -2.11. The molecule has 0 radical (unpaired) electrons. The van der Waals surface area contributed by atoms with Crippen LogP contribution in [0.2, 0.25) is 5.02 Å². The van der Waals surface area contributed by atoms with Gasteiger partial charge in [0.2, 0.25) is 0 Å². The molecular weight excluding hydrogens is 341 g/mol. The van der Waals surface area contributed by atoms with Gasteiger partial charge in [-0.3, -0.25) is 4.98 Å². The zero-order valence-electron chi connectivity index (χ0n) is 12.5. The second kappa shape index (κ2) is 6.60. The molecule has 0 amide bonds. The van der Waals surface area contributed by atoms with Crippen LogP contribution in [0.15, 0.2) is 30.5 Å². The number of alkyl halides is 2. The Bertz CT molecular complexity index is 902. The molecule has 0 atom stereocenters. The number of aromatic nitrogens is 3. The fourth-order valence-corrected chi connectivity index (χ4v) is 2.51. The molecule has 0 aliphatic rings. The first-order chi connectivity index (χ1) is 11.5. The van der Waals surface area contributed by atoms with E-state index in [2.05, 4.69) is 20.5 Å². The molecule has 124 valence electrons. The van der Waals surface area contributed by atoms with Crippen LogP contribution in [-0.2, 0) is 6.54 Å². The molecule has 8 heteroatoms. The second-order valence-electron chi connectivity index (χ2n) is 5.16. The van der Waals surface area contributed by atoms with E-state index in [9.17, 15) is 13.2 Å². The maximum atomic E-state index is 14.1. The third-order valence-electron chi connectivity index (χ3n) is 3.54. The van der Waals surface area contributed by atoms with E-state index in [0.717, 1.165) is 6.07 Å². The number of fused-ring (bicyclic) bond motifs is 1. The molecule has 0 spiro atoms. The highest BCUT2D eigenvalue weighted by atomic mass is 35.5. The average Bonchev–Trinajstić information content (AvgIpc) is 2.55. The van der Waals surface area contributed by atoms with Crippen molar-refractivity contribution in [3.8, 4) is 0 Å². The molecule has 2 aromatic heterocycles. The highest BCUT2D eigenvalue weighted by Crippen LogP contribution is 2.26. The predicted octanol–water partition coefficient (Wildman–Crippen LogP) is 4.68. The van der Waals surface area contributed by atoms with Crippen molar-refractivity contribution >= 4 is 28.3 Å². The molecule has 0 bridgehead atoms. The largest absolute Gasteiger partial charge is 0.364 e. The summed E-state index contributed by atoms with van der Waals surface area (Å²) in [7, 11) is 0. The number of pyridine rings is 1. The minimum atomic E-state index is -2.87. The Balaban J connectivity index is 1.93. The molecule has 3 aromatic rings. The lowest BCUT2D eigenvalue weighted by Crippen LogP contribution is -2.07. The number of hydrogen-bond acceptors (Lipinski definition) is 4. The topological polar surface area (TPSA) is 50.7 Å². The summed E-state index contributed by atoms with van der Waals surface area (Å²) in [4.78, 5) is 4.20. The zero-order chi connectivity index (χ0) is 17.3. The molecule has 4 nitrogen and oxygen atoms in total. The molecule has 0 aliphatic heterocycles. The van der Waals surface area contributed by atoms with Crippen molar-refractivity contribution in [3.05, 3.63) is 58.1 Å². The van der Waals surface area contributed by atoms with Crippen molar-refractivity contribution in [3.63, 3.8) is 0 Å². The van der Waals surface area contributed by atoms with E-state index in [-0.39, 0.29) is 12.1 Å². The van der Waals surface area contributed by atoms with E-state index in [1.165, 1.54) is 18.3 Å². The van der Waals surface area contributed by atoms with Gasteiger partial charge in [0.25, 0.3) is 6.43 Å². The normalized spacial score (nSPS) is 11.2. The summed E-state index contributed by atoms with van der Waals surface area (Å²) in [6, 6.07) is 5.55. The van der Waals surface area contributed by atoms with E-state index in [1.54, 1.807) is 13.0 Å². The SMILES string of the molecule is Cc1nnc(NCc2cccc(C(F)F)c2F)c2cc(Cl)cnc12. The Kier molecular flexibility index (Phi) is 4.53. The Labute approximate surface area is 140 Å². The van der Waals surface area contributed by atoms with E-state index in [1.807, 2.05) is 0 Å². The minimum absolute atomic E-state index is 0.0221. The highest BCUT2D eigenvalue weighted by molar-refractivity contribution is 6.31. The van der Waals surface area contributed by atoms with Gasteiger partial charge in [0.15, 0.2) is 5.82 Å². The standard InChI is InChI=1S/C16H12ClF3N4/c1-8-14-12(5-10(17)7-21-14)16(24-23-8)22-6-9-3-2-4-11(13(9)18)15(19)20/h2-5,7,15H,6H2,1H3,(H,22,24). The highest BCUT2D eigenvalue weighted by Gasteiger charge is 2.16. The van der Waals surface area contributed by atoms with Gasteiger partial charge in [-0.1, -0.05) is 29.8 Å². The molecule has 24 heavy (non-hydrogen) atoms. The van der Waals surface area contributed by atoms with E-state index >= 15 is 0 Å². The Morgan fingerprint density at radius 1 is 1.25 bits per heavy atom. The van der Waals surface area contributed by atoms with E-state index < -0.39 is 17.8 Å². The Morgan fingerprint density at radius 3 is 2.79 bits per heavy atom. The van der Waals surface area contributed by atoms with Gasteiger partial charge in [0.1, 0.15) is 5.82 Å². The lowest BCUT2D eigenvalue weighted by molar-refractivity contribution is 0.146. The van der Waals surface area contributed by atoms with E-state index in [0.29, 0.717) is 27.4 Å². The fourth-order valence-electron chi connectivity index (χ4n) is 2.35. The van der Waals surface area contributed by atoms with Crippen LogP contribution in [0.1, 0.15) is 23.2 Å². The van der Waals surface area contributed by atoms with Gasteiger partial charge < -0.3 is 5.32 Å². The van der Waals surface area contributed by atoms with E-state index in [4.69, 9.17) is 11.6 Å². The lowest BCUT2D eigenvalue weighted by atomic mass is 10.1. The third-order valence-corrected chi connectivity index (χ3v) is 3.75. The van der Waals surface area contributed by atoms with Gasteiger partial charge in [-0.2, -0.15) is 5.10 Å². The van der Waals surface area contributed by atoms with Gasteiger partial charge in [-0.05, 0) is 13.0 Å². The maximum Gasteiger partial charge on any atom is 0.266 e. The summed E-state index contributed by atoms with van der Waals surface area (Å²) in [5.74, 6) is -0.576. The number of rotatable bonds is 4. The second-order valence-corrected chi connectivity index (χ2v) is 5.59. The minimum Gasteiger partial charge on any atom is -0.364 e. The van der Waals surface area contributed by atoms with Gasteiger partial charge >= 0.3 is 0 Å². The predicted molar refractivity (Wildman–Crippen MR) is 85.8 cm³/mol. The van der Waals surface area contributed by atoms with Crippen molar-refractivity contribution in [1.82, 2.24) is 15.2 Å². The number of benzene rings is 1.